The second kappa shape index (κ2) is 6.40. The number of amides is 3. The first kappa shape index (κ1) is 19.5. The molecule has 3 saturated heterocycles. The van der Waals surface area contributed by atoms with E-state index >= 15 is 0 Å². The smallest absolute Gasteiger partial charge is 0.250 e. The Hall–Kier alpha value is -2.22. The van der Waals surface area contributed by atoms with Crippen LogP contribution in [-0.4, -0.2) is 35.2 Å². The van der Waals surface area contributed by atoms with Crippen LogP contribution in [0.4, 0.5) is 11.4 Å². The van der Waals surface area contributed by atoms with Crippen molar-refractivity contribution in [3.63, 3.8) is 0 Å². The number of nitrogens with zero attached hydrogens (tertiary/aromatic N) is 2. The minimum absolute atomic E-state index is 0.130. The van der Waals surface area contributed by atoms with Gasteiger partial charge in [0.05, 0.1) is 23.2 Å². The van der Waals surface area contributed by atoms with Crippen molar-refractivity contribution in [2.45, 2.75) is 31.3 Å². The molecule has 4 unspecified atom stereocenters. The maximum absolute atomic E-state index is 13.8. The maximum Gasteiger partial charge on any atom is 0.250 e. The molecule has 4 atom stereocenters. The number of imide groups is 1. The summed E-state index contributed by atoms with van der Waals surface area (Å²) in [6, 6.07) is 10.6. The number of hydrogen-bond donors (Lipinski definition) is 1. The molecular formula is C23H19BrClN3O3. The molecule has 0 aliphatic carbocycles. The summed E-state index contributed by atoms with van der Waals surface area (Å²) in [6.07, 6.45) is 1.69. The molecule has 0 aromatic heterocycles. The van der Waals surface area contributed by atoms with Crippen LogP contribution in [0.3, 0.4) is 0 Å². The largest absolute Gasteiger partial charge is 0.324 e. The lowest BCUT2D eigenvalue weighted by Gasteiger charge is -2.36. The van der Waals surface area contributed by atoms with Crippen molar-refractivity contribution in [3.05, 3.63) is 57.0 Å². The Bertz CT molecular complexity index is 1180. The standard InChI is InChI=1S/C23H19BrClN3O3/c1-11-15(25)9-8-14-19(11)26-22(31)23(14)18-17(16-3-2-10-27(16)23)20(29)28(21(18)30)13-6-4-12(24)5-7-13/h4-9,16-18H,2-3,10H2,1H3,(H,26,31). The monoisotopic (exact) mass is 499 g/mol. The van der Waals surface area contributed by atoms with Gasteiger partial charge in [-0.1, -0.05) is 33.6 Å². The van der Waals surface area contributed by atoms with Crippen molar-refractivity contribution in [1.82, 2.24) is 4.90 Å². The normalized spacial score (nSPS) is 31.4. The average molecular weight is 501 g/mol. The lowest BCUT2D eigenvalue weighted by molar-refractivity contribution is -0.135. The van der Waals surface area contributed by atoms with Gasteiger partial charge >= 0.3 is 0 Å². The Kier molecular flexibility index (Phi) is 4.02. The van der Waals surface area contributed by atoms with E-state index in [-0.39, 0.29) is 23.8 Å². The Labute approximate surface area is 192 Å². The van der Waals surface area contributed by atoms with Crippen LogP contribution in [0.5, 0.6) is 0 Å². The third-order valence-electron chi connectivity index (χ3n) is 7.45. The van der Waals surface area contributed by atoms with Gasteiger partial charge in [0, 0.05) is 21.1 Å². The minimum atomic E-state index is -1.17. The van der Waals surface area contributed by atoms with Crippen molar-refractivity contribution in [2.24, 2.45) is 11.8 Å². The SMILES string of the molecule is Cc1c(Cl)ccc2c1NC(=O)C21C2C(=O)N(c3ccc(Br)cc3)C(=O)C2C2CCCN21. The number of nitrogens with one attached hydrogen (secondary N) is 1. The van der Waals surface area contributed by atoms with Crippen LogP contribution < -0.4 is 10.2 Å². The average Bonchev–Trinajstić information content (AvgIpc) is 3.45. The summed E-state index contributed by atoms with van der Waals surface area (Å²) in [5.74, 6) is -2.03. The molecular weight excluding hydrogens is 482 g/mol. The fourth-order valence-electron chi connectivity index (χ4n) is 6.24. The van der Waals surface area contributed by atoms with Crippen LogP contribution in [-0.2, 0) is 19.9 Å². The first-order valence-electron chi connectivity index (χ1n) is 10.4. The molecule has 2 aromatic rings. The van der Waals surface area contributed by atoms with Crippen molar-refractivity contribution in [3.8, 4) is 0 Å². The molecule has 0 radical (unpaired) electrons. The van der Waals surface area contributed by atoms with E-state index in [4.69, 9.17) is 11.6 Å². The number of hydrogen-bond acceptors (Lipinski definition) is 4. The molecule has 0 saturated carbocycles. The lowest BCUT2D eigenvalue weighted by Crippen LogP contribution is -2.54. The number of carbonyl (C=O) groups is 3. The number of anilines is 2. The number of benzene rings is 2. The molecule has 4 aliphatic rings. The Morgan fingerprint density at radius 3 is 2.58 bits per heavy atom. The lowest BCUT2D eigenvalue weighted by atomic mass is 9.75. The summed E-state index contributed by atoms with van der Waals surface area (Å²) < 4.78 is 0.866. The molecule has 4 aliphatic heterocycles. The zero-order valence-corrected chi connectivity index (χ0v) is 19.0. The Morgan fingerprint density at radius 1 is 1.10 bits per heavy atom. The maximum atomic E-state index is 13.8. The van der Waals surface area contributed by atoms with Gasteiger partial charge < -0.3 is 5.32 Å². The predicted octanol–water partition coefficient (Wildman–Crippen LogP) is 3.84. The fraction of sp³-hybridized carbons (Fsp3) is 0.348. The van der Waals surface area contributed by atoms with E-state index in [1.807, 2.05) is 25.1 Å². The first-order chi connectivity index (χ1) is 14.9. The van der Waals surface area contributed by atoms with Gasteiger partial charge in [0.15, 0.2) is 0 Å². The molecule has 31 heavy (non-hydrogen) atoms. The van der Waals surface area contributed by atoms with E-state index in [1.54, 1.807) is 18.2 Å². The predicted molar refractivity (Wildman–Crippen MR) is 120 cm³/mol. The molecule has 3 amide bonds. The van der Waals surface area contributed by atoms with E-state index in [2.05, 4.69) is 26.1 Å². The molecule has 1 spiro atoms. The van der Waals surface area contributed by atoms with Crippen LogP contribution in [0.15, 0.2) is 40.9 Å². The van der Waals surface area contributed by atoms with Gasteiger partial charge in [0.2, 0.25) is 17.7 Å². The van der Waals surface area contributed by atoms with Crippen LogP contribution >= 0.6 is 27.5 Å². The van der Waals surface area contributed by atoms with E-state index in [0.717, 1.165) is 28.4 Å². The van der Waals surface area contributed by atoms with E-state index in [9.17, 15) is 14.4 Å². The first-order valence-corrected chi connectivity index (χ1v) is 11.6. The second-order valence-electron chi connectivity index (χ2n) is 8.71. The molecule has 3 fully saturated rings. The van der Waals surface area contributed by atoms with E-state index in [1.165, 1.54) is 4.90 Å². The zero-order chi connectivity index (χ0) is 21.7. The Morgan fingerprint density at radius 2 is 1.84 bits per heavy atom. The van der Waals surface area contributed by atoms with Crippen molar-refractivity contribution in [2.75, 3.05) is 16.8 Å². The third-order valence-corrected chi connectivity index (χ3v) is 8.39. The summed E-state index contributed by atoms with van der Waals surface area (Å²) in [5.41, 5.74) is 1.58. The van der Waals surface area contributed by atoms with Gasteiger partial charge in [-0.05, 0) is 62.2 Å². The second-order valence-corrected chi connectivity index (χ2v) is 10.0. The van der Waals surface area contributed by atoms with Crippen molar-refractivity contribution < 1.29 is 14.4 Å². The summed E-state index contributed by atoms with van der Waals surface area (Å²) in [5, 5.41) is 3.57. The van der Waals surface area contributed by atoms with Gasteiger partial charge in [-0.3, -0.25) is 19.3 Å². The Balaban J connectivity index is 1.56. The minimum Gasteiger partial charge on any atom is -0.324 e. The van der Waals surface area contributed by atoms with Gasteiger partial charge in [-0.2, -0.15) is 0 Å². The molecule has 6 rings (SSSR count). The highest BCUT2D eigenvalue weighted by atomic mass is 79.9. The summed E-state index contributed by atoms with van der Waals surface area (Å²) in [4.78, 5) is 44.5. The third kappa shape index (κ3) is 2.24. The van der Waals surface area contributed by atoms with Crippen molar-refractivity contribution in [1.29, 1.82) is 0 Å². The molecule has 0 bridgehead atoms. The molecule has 8 heteroatoms. The molecule has 4 heterocycles. The van der Waals surface area contributed by atoms with Crippen LogP contribution in [0, 0.1) is 18.8 Å². The number of rotatable bonds is 1. The number of fused-ring (bicyclic) bond motifs is 7. The van der Waals surface area contributed by atoms with Gasteiger partial charge in [0.1, 0.15) is 5.54 Å². The zero-order valence-electron chi connectivity index (χ0n) is 16.7. The van der Waals surface area contributed by atoms with Gasteiger partial charge in [-0.25, -0.2) is 4.90 Å². The molecule has 1 N–H and O–H groups in total. The summed E-state index contributed by atoms with van der Waals surface area (Å²) in [7, 11) is 0. The highest BCUT2D eigenvalue weighted by molar-refractivity contribution is 9.10. The molecule has 2 aromatic carbocycles. The van der Waals surface area contributed by atoms with Crippen molar-refractivity contribution >= 4 is 56.6 Å². The fourth-order valence-corrected chi connectivity index (χ4v) is 6.66. The summed E-state index contributed by atoms with van der Waals surface area (Å²) in [6.45, 7) is 2.55. The highest BCUT2D eigenvalue weighted by Crippen LogP contribution is 2.61. The van der Waals surface area contributed by atoms with Crippen LogP contribution in [0.2, 0.25) is 5.02 Å². The van der Waals surface area contributed by atoms with E-state index < -0.39 is 17.4 Å². The topological polar surface area (TPSA) is 69.7 Å². The quantitative estimate of drug-likeness (QED) is 0.604. The number of carbonyl (C=O) groups excluding carboxylic acids is 3. The van der Waals surface area contributed by atoms with Crippen LogP contribution in [0.25, 0.3) is 0 Å². The summed E-state index contributed by atoms with van der Waals surface area (Å²) >= 11 is 9.73. The number of halogens is 2. The highest BCUT2D eigenvalue weighted by Gasteiger charge is 2.74. The molecule has 158 valence electrons. The van der Waals surface area contributed by atoms with Crippen LogP contribution in [0.1, 0.15) is 24.0 Å². The molecule has 6 nitrogen and oxygen atoms in total. The van der Waals surface area contributed by atoms with E-state index in [0.29, 0.717) is 22.9 Å². The van der Waals surface area contributed by atoms with Gasteiger partial charge in [0.25, 0.3) is 0 Å². The van der Waals surface area contributed by atoms with Gasteiger partial charge in [-0.15, -0.1) is 0 Å².